The van der Waals surface area contributed by atoms with Gasteiger partial charge in [-0.15, -0.1) is 0 Å². The molecule has 0 aromatic heterocycles. The van der Waals surface area contributed by atoms with Gasteiger partial charge in [-0.05, 0) is 36.6 Å². The third-order valence-corrected chi connectivity index (χ3v) is 2.87. The van der Waals surface area contributed by atoms with Crippen LogP contribution >= 0.6 is 12.2 Å². The van der Waals surface area contributed by atoms with Crippen LogP contribution in [-0.4, -0.2) is 24.0 Å². The Labute approximate surface area is 119 Å². The van der Waals surface area contributed by atoms with E-state index < -0.39 is 0 Å². The highest BCUT2D eigenvalue weighted by molar-refractivity contribution is 7.80. The predicted molar refractivity (Wildman–Crippen MR) is 83.4 cm³/mol. The number of hydrogen-bond acceptors (Lipinski definition) is 3. The minimum atomic E-state index is -0.00947. The normalized spacial score (nSPS) is 10.3. The van der Waals surface area contributed by atoms with Gasteiger partial charge in [0.1, 0.15) is 4.99 Å². The SMILES string of the molecule is Cc1cc(NCC(=O)NCC(C)C)ccc1C(N)=S. The zero-order valence-corrected chi connectivity index (χ0v) is 12.4. The van der Waals surface area contributed by atoms with Crippen LogP contribution in [0.25, 0.3) is 0 Å². The minimum absolute atomic E-state index is 0.00947. The number of aryl methyl sites for hydroxylation is 1. The number of hydrogen-bond donors (Lipinski definition) is 3. The zero-order valence-electron chi connectivity index (χ0n) is 11.6. The maximum Gasteiger partial charge on any atom is 0.239 e. The Balaban J connectivity index is 2.52. The van der Waals surface area contributed by atoms with E-state index >= 15 is 0 Å². The molecule has 0 radical (unpaired) electrons. The van der Waals surface area contributed by atoms with Gasteiger partial charge >= 0.3 is 0 Å². The molecule has 1 aromatic rings. The second kappa shape index (κ2) is 7.09. The van der Waals surface area contributed by atoms with Crippen molar-refractivity contribution in [3.63, 3.8) is 0 Å². The molecule has 0 atom stereocenters. The fourth-order valence-corrected chi connectivity index (χ4v) is 1.84. The quantitative estimate of drug-likeness (QED) is 0.695. The van der Waals surface area contributed by atoms with Gasteiger partial charge in [0, 0.05) is 17.8 Å². The topological polar surface area (TPSA) is 67.2 Å². The molecule has 19 heavy (non-hydrogen) atoms. The van der Waals surface area contributed by atoms with E-state index in [-0.39, 0.29) is 12.5 Å². The summed E-state index contributed by atoms with van der Waals surface area (Å²) in [5.74, 6) is 0.445. The van der Waals surface area contributed by atoms with Gasteiger partial charge in [0.15, 0.2) is 0 Å². The second-order valence-electron chi connectivity index (χ2n) is 4.95. The largest absolute Gasteiger partial charge is 0.389 e. The van der Waals surface area contributed by atoms with E-state index in [1.165, 1.54) is 0 Å². The molecule has 1 aromatic carbocycles. The van der Waals surface area contributed by atoms with E-state index in [1.807, 2.05) is 25.1 Å². The minimum Gasteiger partial charge on any atom is -0.389 e. The maximum absolute atomic E-state index is 11.6. The van der Waals surface area contributed by atoms with Crippen LogP contribution in [0.1, 0.15) is 25.0 Å². The highest BCUT2D eigenvalue weighted by Gasteiger charge is 2.05. The fourth-order valence-electron chi connectivity index (χ4n) is 1.61. The first kappa shape index (κ1) is 15.4. The molecule has 104 valence electrons. The summed E-state index contributed by atoms with van der Waals surface area (Å²) in [7, 11) is 0. The first-order valence-corrected chi connectivity index (χ1v) is 6.72. The molecule has 1 amide bonds. The average Bonchev–Trinajstić information content (AvgIpc) is 2.33. The van der Waals surface area contributed by atoms with Gasteiger partial charge in [-0.2, -0.15) is 0 Å². The fraction of sp³-hybridized carbons (Fsp3) is 0.429. The molecular formula is C14H21N3OS. The van der Waals surface area contributed by atoms with E-state index in [0.717, 1.165) is 16.8 Å². The standard InChI is InChI=1S/C14H21N3OS/c1-9(2)7-17-13(18)8-16-11-4-5-12(14(15)19)10(3)6-11/h4-6,9,16H,7-8H2,1-3H3,(H2,15,19)(H,17,18). The van der Waals surface area contributed by atoms with Crippen LogP contribution in [0.4, 0.5) is 5.69 Å². The Morgan fingerprint density at radius 3 is 2.63 bits per heavy atom. The zero-order chi connectivity index (χ0) is 14.4. The van der Waals surface area contributed by atoms with Gasteiger partial charge < -0.3 is 16.4 Å². The number of anilines is 1. The first-order chi connectivity index (χ1) is 8.90. The lowest BCUT2D eigenvalue weighted by atomic mass is 10.1. The summed E-state index contributed by atoms with van der Waals surface area (Å²) >= 11 is 4.95. The summed E-state index contributed by atoms with van der Waals surface area (Å²) in [6, 6.07) is 5.67. The Morgan fingerprint density at radius 1 is 1.42 bits per heavy atom. The number of nitrogens with one attached hydrogen (secondary N) is 2. The van der Waals surface area contributed by atoms with E-state index in [1.54, 1.807) is 0 Å². The Kier molecular flexibility index (Phi) is 5.76. The summed E-state index contributed by atoms with van der Waals surface area (Å²) in [6.45, 7) is 7.02. The number of rotatable bonds is 6. The van der Waals surface area contributed by atoms with E-state index in [4.69, 9.17) is 18.0 Å². The smallest absolute Gasteiger partial charge is 0.239 e. The molecule has 0 spiro atoms. The van der Waals surface area contributed by atoms with Crippen LogP contribution in [0, 0.1) is 12.8 Å². The molecule has 0 aliphatic rings. The van der Waals surface area contributed by atoms with Gasteiger partial charge in [0.25, 0.3) is 0 Å². The lowest BCUT2D eigenvalue weighted by Crippen LogP contribution is -2.32. The summed E-state index contributed by atoms with van der Waals surface area (Å²) in [5.41, 5.74) is 8.35. The van der Waals surface area contributed by atoms with Crippen LogP contribution in [0.2, 0.25) is 0 Å². The van der Waals surface area contributed by atoms with E-state index in [0.29, 0.717) is 17.5 Å². The Morgan fingerprint density at radius 2 is 2.11 bits per heavy atom. The summed E-state index contributed by atoms with van der Waals surface area (Å²) in [6.07, 6.45) is 0. The van der Waals surface area contributed by atoms with Crippen LogP contribution in [-0.2, 0) is 4.79 Å². The molecule has 4 nitrogen and oxygen atoms in total. The maximum atomic E-state index is 11.6. The number of benzene rings is 1. The second-order valence-corrected chi connectivity index (χ2v) is 5.39. The van der Waals surface area contributed by atoms with Gasteiger partial charge in [0.05, 0.1) is 6.54 Å². The van der Waals surface area contributed by atoms with Crippen molar-refractivity contribution in [2.75, 3.05) is 18.4 Å². The van der Waals surface area contributed by atoms with Crippen molar-refractivity contribution in [1.29, 1.82) is 0 Å². The third-order valence-electron chi connectivity index (χ3n) is 2.65. The van der Waals surface area contributed by atoms with Crippen molar-refractivity contribution in [2.45, 2.75) is 20.8 Å². The Bertz CT molecular complexity index is 472. The molecule has 1 rings (SSSR count). The molecule has 0 saturated heterocycles. The number of amides is 1. The van der Waals surface area contributed by atoms with Crippen LogP contribution in [0.15, 0.2) is 18.2 Å². The van der Waals surface area contributed by atoms with Gasteiger partial charge in [-0.25, -0.2) is 0 Å². The molecule has 0 aliphatic heterocycles. The van der Waals surface area contributed by atoms with Gasteiger partial charge in [-0.1, -0.05) is 26.1 Å². The number of nitrogens with two attached hydrogens (primary N) is 1. The van der Waals surface area contributed by atoms with Crippen molar-refractivity contribution in [1.82, 2.24) is 5.32 Å². The molecule has 0 heterocycles. The monoisotopic (exact) mass is 279 g/mol. The number of thiocarbonyl (C=S) groups is 1. The van der Waals surface area contributed by atoms with E-state index in [2.05, 4.69) is 24.5 Å². The first-order valence-electron chi connectivity index (χ1n) is 6.31. The molecular weight excluding hydrogens is 258 g/mol. The van der Waals surface area contributed by atoms with Crippen LogP contribution < -0.4 is 16.4 Å². The van der Waals surface area contributed by atoms with Crippen molar-refractivity contribution in [3.05, 3.63) is 29.3 Å². The summed E-state index contributed by atoms with van der Waals surface area (Å²) < 4.78 is 0. The van der Waals surface area contributed by atoms with Gasteiger partial charge in [0.2, 0.25) is 5.91 Å². The average molecular weight is 279 g/mol. The Hall–Kier alpha value is -1.62. The molecule has 0 aliphatic carbocycles. The highest BCUT2D eigenvalue weighted by atomic mass is 32.1. The molecule has 4 N–H and O–H groups in total. The molecule has 0 bridgehead atoms. The van der Waals surface area contributed by atoms with Crippen LogP contribution in [0.5, 0.6) is 0 Å². The van der Waals surface area contributed by atoms with Crippen molar-refractivity contribution in [3.8, 4) is 0 Å². The van der Waals surface area contributed by atoms with Gasteiger partial charge in [-0.3, -0.25) is 4.79 Å². The van der Waals surface area contributed by atoms with Crippen molar-refractivity contribution >= 4 is 28.8 Å². The number of carbonyl (C=O) groups excluding carboxylic acids is 1. The summed E-state index contributed by atoms with van der Waals surface area (Å²) in [4.78, 5) is 12.0. The van der Waals surface area contributed by atoms with Crippen molar-refractivity contribution in [2.24, 2.45) is 11.7 Å². The third kappa shape index (κ3) is 5.26. The molecule has 0 unspecified atom stereocenters. The predicted octanol–water partition coefficient (Wildman–Crippen LogP) is 1.81. The van der Waals surface area contributed by atoms with Crippen LogP contribution in [0.3, 0.4) is 0 Å². The number of carbonyl (C=O) groups is 1. The highest BCUT2D eigenvalue weighted by Crippen LogP contribution is 2.14. The lowest BCUT2D eigenvalue weighted by molar-refractivity contribution is -0.119. The van der Waals surface area contributed by atoms with E-state index in [9.17, 15) is 4.79 Å². The molecule has 0 saturated carbocycles. The lowest BCUT2D eigenvalue weighted by Gasteiger charge is -2.11. The summed E-state index contributed by atoms with van der Waals surface area (Å²) in [5, 5.41) is 5.93. The molecule has 0 fully saturated rings. The van der Waals surface area contributed by atoms with Crippen molar-refractivity contribution < 1.29 is 4.79 Å². The molecule has 5 heteroatoms.